The molecule has 0 bridgehead atoms. The number of para-hydroxylation sites is 1. The van der Waals surface area contributed by atoms with Crippen molar-refractivity contribution in [2.45, 2.75) is 47.3 Å². The number of thioether (sulfide) groups is 1. The van der Waals surface area contributed by atoms with Gasteiger partial charge in [-0.05, 0) is 61.9 Å². The molecule has 0 radical (unpaired) electrons. The lowest BCUT2D eigenvalue weighted by atomic mass is 10.0. The first kappa shape index (κ1) is 33.0. The molecule has 2 amide bonds. The molecule has 1 saturated carbocycles. The average molecular weight is 728 g/mol. The van der Waals surface area contributed by atoms with E-state index >= 15 is 0 Å². The largest absolute Gasteiger partial charge is 0.484 e. The average Bonchev–Trinajstić information content (AvgIpc) is 3.81. The summed E-state index contributed by atoms with van der Waals surface area (Å²) in [6.45, 7) is 0.662. The van der Waals surface area contributed by atoms with Crippen molar-refractivity contribution in [2.24, 2.45) is 5.92 Å². The predicted octanol–water partition coefficient (Wildman–Crippen LogP) is 5.00. The van der Waals surface area contributed by atoms with Gasteiger partial charge in [0.05, 0.1) is 12.3 Å². The Hall–Kier alpha value is -1.86. The number of alkyl halides is 4. The second-order valence-electron chi connectivity index (χ2n) is 10.0. The SMILES string of the molecule is O=C(COc1ccccc1)NC1C(=O)N(C(C(=O)OCC(Cl)(Cl)Cl)=C(CBr)N2CCCCC2)C1SC(=O)OCC1CC1. The normalized spacial score (nSPS) is 21.2. The van der Waals surface area contributed by atoms with Crippen LogP contribution in [-0.2, 0) is 23.9 Å². The smallest absolute Gasteiger partial charge is 0.369 e. The van der Waals surface area contributed by atoms with Crippen molar-refractivity contribution in [2.75, 3.05) is 38.2 Å². The second kappa shape index (κ2) is 15.2. The number of piperidine rings is 1. The van der Waals surface area contributed by atoms with Crippen LogP contribution in [-0.4, -0.2) is 86.3 Å². The number of ether oxygens (including phenoxy) is 3. The number of nitrogens with one attached hydrogen (secondary N) is 1. The van der Waals surface area contributed by atoms with Crippen molar-refractivity contribution in [1.82, 2.24) is 15.1 Å². The van der Waals surface area contributed by atoms with Gasteiger partial charge in [0.1, 0.15) is 23.8 Å². The Morgan fingerprint density at radius 2 is 1.74 bits per heavy atom. The van der Waals surface area contributed by atoms with Crippen LogP contribution in [0.1, 0.15) is 32.1 Å². The first-order chi connectivity index (χ1) is 20.1. The second-order valence-corrected chi connectivity index (χ2v) is 14.2. The van der Waals surface area contributed by atoms with E-state index in [1.807, 2.05) is 11.0 Å². The number of hydrogen-bond donors (Lipinski definition) is 1. The van der Waals surface area contributed by atoms with Gasteiger partial charge < -0.3 is 24.4 Å². The molecular weight excluding hydrogens is 697 g/mol. The highest BCUT2D eigenvalue weighted by Crippen LogP contribution is 2.39. The number of amides is 2. The van der Waals surface area contributed by atoms with E-state index in [2.05, 4.69) is 21.2 Å². The van der Waals surface area contributed by atoms with Crippen LogP contribution in [0.5, 0.6) is 5.75 Å². The molecular formula is C27H31BrCl3N3O7S. The fourth-order valence-electron chi connectivity index (χ4n) is 4.47. The van der Waals surface area contributed by atoms with Crippen LogP contribution in [0.4, 0.5) is 4.79 Å². The highest BCUT2D eigenvalue weighted by molar-refractivity contribution is 9.09. The van der Waals surface area contributed by atoms with Crippen LogP contribution in [0, 0.1) is 5.92 Å². The molecule has 4 rings (SSSR count). The summed E-state index contributed by atoms with van der Waals surface area (Å²) in [6.07, 6.45) is 4.79. The summed E-state index contributed by atoms with van der Waals surface area (Å²) in [5.74, 6) is -1.27. The molecule has 42 heavy (non-hydrogen) atoms. The number of allylic oxidation sites excluding steroid dienone is 1. The summed E-state index contributed by atoms with van der Waals surface area (Å²) in [4.78, 5) is 55.9. The van der Waals surface area contributed by atoms with E-state index in [4.69, 9.17) is 49.0 Å². The van der Waals surface area contributed by atoms with Crippen LogP contribution in [0.3, 0.4) is 0 Å². The minimum absolute atomic E-state index is 0.0912. The number of hydrogen-bond acceptors (Lipinski definition) is 9. The third-order valence-corrected chi connectivity index (χ3v) is 8.66. The zero-order valence-electron chi connectivity index (χ0n) is 22.6. The van der Waals surface area contributed by atoms with E-state index in [-0.39, 0.29) is 24.2 Å². The molecule has 1 aromatic rings. The van der Waals surface area contributed by atoms with E-state index in [9.17, 15) is 19.2 Å². The van der Waals surface area contributed by atoms with Crippen LogP contribution < -0.4 is 10.1 Å². The van der Waals surface area contributed by atoms with E-state index in [0.29, 0.717) is 42.2 Å². The lowest BCUT2D eigenvalue weighted by Gasteiger charge is -2.47. The van der Waals surface area contributed by atoms with Gasteiger partial charge in [0.15, 0.2) is 12.3 Å². The molecule has 230 valence electrons. The quantitative estimate of drug-likeness (QED) is 0.138. The Morgan fingerprint density at radius 1 is 1.05 bits per heavy atom. The number of β-lactam (4-membered cyclic amide) rings is 1. The van der Waals surface area contributed by atoms with Crippen LogP contribution in [0.2, 0.25) is 0 Å². The van der Waals surface area contributed by atoms with Gasteiger partial charge >= 0.3 is 11.3 Å². The number of carbonyl (C=O) groups is 4. The molecule has 1 aliphatic carbocycles. The van der Waals surface area contributed by atoms with Crippen molar-refractivity contribution in [3.05, 3.63) is 41.7 Å². The number of esters is 1. The van der Waals surface area contributed by atoms with Gasteiger partial charge in [-0.2, -0.15) is 0 Å². The molecule has 1 N–H and O–H groups in total. The Labute approximate surface area is 271 Å². The van der Waals surface area contributed by atoms with Gasteiger partial charge in [-0.1, -0.05) is 68.9 Å². The highest BCUT2D eigenvalue weighted by Gasteiger charge is 2.54. The Morgan fingerprint density at radius 3 is 2.36 bits per heavy atom. The van der Waals surface area contributed by atoms with Gasteiger partial charge in [0, 0.05) is 18.4 Å². The maximum atomic E-state index is 13.6. The summed E-state index contributed by atoms with van der Waals surface area (Å²) in [5, 5.41) is 1.22. The summed E-state index contributed by atoms with van der Waals surface area (Å²) in [6, 6.07) is 7.60. The highest BCUT2D eigenvalue weighted by atomic mass is 79.9. The maximum Gasteiger partial charge on any atom is 0.369 e. The number of carbonyl (C=O) groups excluding carboxylic acids is 4. The first-order valence-corrected chi connectivity index (χ1v) is 16.6. The molecule has 15 heteroatoms. The molecule has 2 atom stereocenters. The standard InChI is InChI=1S/C27H31BrCl3N3O7S/c28-13-19(33-11-5-2-6-12-33)22(25(37)41-16-27(29,30)31)34-23(36)21(24(34)42-26(38)40-14-17-9-10-17)32-20(35)15-39-18-7-3-1-4-8-18/h1,3-4,7-8,17,21,24H,2,5-6,9-16H2,(H,32,35). The van der Waals surface area contributed by atoms with Crippen molar-refractivity contribution < 1.29 is 33.4 Å². The molecule has 3 aliphatic rings. The topological polar surface area (TPSA) is 114 Å². The van der Waals surface area contributed by atoms with Gasteiger partial charge in [0.25, 0.3) is 11.8 Å². The molecule has 1 aromatic carbocycles. The number of rotatable bonds is 12. The zero-order chi connectivity index (χ0) is 30.3. The lowest BCUT2D eigenvalue weighted by Crippen LogP contribution is -2.70. The Balaban J connectivity index is 1.58. The number of halogens is 4. The van der Waals surface area contributed by atoms with Gasteiger partial charge in [0.2, 0.25) is 3.79 Å². The first-order valence-electron chi connectivity index (χ1n) is 13.5. The summed E-state index contributed by atoms with van der Waals surface area (Å²) < 4.78 is 14.3. The van der Waals surface area contributed by atoms with Crippen LogP contribution in [0.15, 0.2) is 41.7 Å². The molecule has 2 saturated heterocycles. The number of likely N-dealkylation sites (tertiary alicyclic amines) is 2. The predicted molar refractivity (Wildman–Crippen MR) is 164 cm³/mol. The van der Waals surface area contributed by atoms with Crippen molar-refractivity contribution in [3.8, 4) is 5.75 Å². The molecule has 2 unspecified atom stereocenters. The fraction of sp³-hybridized carbons (Fsp3) is 0.556. The molecule has 0 spiro atoms. The minimum atomic E-state index is -1.88. The molecule has 2 aliphatic heterocycles. The number of nitrogens with zero attached hydrogens (tertiary/aromatic N) is 2. The summed E-state index contributed by atoms with van der Waals surface area (Å²) >= 11 is 21.7. The fourth-order valence-corrected chi connectivity index (χ4v) is 6.22. The third-order valence-electron chi connectivity index (χ3n) is 6.76. The van der Waals surface area contributed by atoms with Crippen LogP contribution >= 0.6 is 62.5 Å². The lowest BCUT2D eigenvalue weighted by molar-refractivity contribution is -0.153. The molecule has 2 heterocycles. The van der Waals surface area contributed by atoms with Crippen LogP contribution in [0.25, 0.3) is 0 Å². The molecule has 0 aromatic heterocycles. The van der Waals surface area contributed by atoms with Crippen molar-refractivity contribution in [3.63, 3.8) is 0 Å². The van der Waals surface area contributed by atoms with E-state index in [1.165, 1.54) is 0 Å². The monoisotopic (exact) mass is 725 g/mol. The van der Waals surface area contributed by atoms with Crippen molar-refractivity contribution in [1.29, 1.82) is 0 Å². The maximum absolute atomic E-state index is 13.6. The zero-order valence-corrected chi connectivity index (χ0v) is 27.2. The summed E-state index contributed by atoms with van der Waals surface area (Å²) in [7, 11) is 0. The van der Waals surface area contributed by atoms with Gasteiger partial charge in [-0.3, -0.25) is 14.5 Å². The number of benzene rings is 1. The van der Waals surface area contributed by atoms with Gasteiger partial charge in [-0.15, -0.1) is 0 Å². The Bertz CT molecular complexity index is 1180. The van der Waals surface area contributed by atoms with E-state index in [1.54, 1.807) is 24.3 Å². The molecule has 3 fully saturated rings. The Kier molecular flexibility index (Phi) is 12.0. The summed E-state index contributed by atoms with van der Waals surface area (Å²) in [5.41, 5.74) is 0.401. The minimum Gasteiger partial charge on any atom is -0.484 e. The van der Waals surface area contributed by atoms with Gasteiger partial charge in [-0.25, -0.2) is 9.59 Å². The molecule has 10 nitrogen and oxygen atoms in total. The third kappa shape index (κ3) is 9.32. The van der Waals surface area contributed by atoms with E-state index < -0.39 is 44.9 Å². The van der Waals surface area contributed by atoms with E-state index in [0.717, 1.165) is 37.0 Å². The van der Waals surface area contributed by atoms with Crippen molar-refractivity contribution >= 4 is 85.6 Å².